The predicted octanol–water partition coefficient (Wildman–Crippen LogP) is 4.86. The van der Waals surface area contributed by atoms with Gasteiger partial charge in [0.25, 0.3) is 0 Å². The van der Waals surface area contributed by atoms with Crippen molar-refractivity contribution in [2.24, 2.45) is 0 Å². The van der Waals surface area contributed by atoms with E-state index < -0.39 is 0 Å². The maximum atomic E-state index is 11.9. The Kier molecular flexibility index (Phi) is 11.2. The number of hydrogen-bond acceptors (Lipinski definition) is 2. The van der Waals surface area contributed by atoms with E-state index in [9.17, 15) is 4.79 Å². The Morgan fingerprint density at radius 3 is 1.68 bits per heavy atom. The molecule has 0 saturated heterocycles. The van der Waals surface area contributed by atoms with Gasteiger partial charge in [0.2, 0.25) is 0 Å². The second-order valence-corrected chi connectivity index (χ2v) is 6.23. The second-order valence-electron chi connectivity index (χ2n) is 6.23. The standard InChI is InChI=1S/C17H35NO/c1-5-6-7-8-9-10-11-12-13-14-15-16(19)17(2,3)18-4/h18H,5-15H2,1-4H3. The molecule has 0 saturated carbocycles. The molecule has 0 heterocycles. The van der Waals surface area contributed by atoms with Crippen LogP contribution in [0.3, 0.4) is 0 Å². The van der Waals surface area contributed by atoms with Crippen molar-refractivity contribution >= 4 is 5.78 Å². The minimum absolute atomic E-state index is 0.342. The summed E-state index contributed by atoms with van der Waals surface area (Å²) in [5.41, 5.74) is -0.348. The number of carbonyl (C=O) groups is 1. The third-order valence-corrected chi connectivity index (χ3v) is 4.08. The van der Waals surface area contributed by atoms with Crippen LogP contribution in [0.4, 0.5) is 0 Å². The number of unbranched alkanes of at least 4 members (excludes halogenated alkanes) is 9. The van der Waals surface area contributed by atoms with Gasteiger partial charge >= 0.3 is 0 Å². The first-order valence-corrected chi connectivity index (χ1v) is 8.26. The first kappa shape index (κ1) is 18.6. The molecular formula is C17H35NO. The summed E-state index contributed by atoms with van der Waals surface area (Å²) in [6.07, 6.45) is 13.9. The van der Waals surface area contributed by atoms with Crippen LogP contribution in [0.5, 0.6) is 0 Å². The first-order chi connectivity index (χ1) is 9.04. The first-order valence-electron chi connectivity index (χ1n) is 8.26. The Bertz CT molecular complexity index is 223. The van der Waals surface area contributed by atoms with Crippen molar-refractivity contribution in [2.45, 2.75) is 96.9 Å². The van der Waals surface area contributed by atoms with Gasteiger partial charge in [-0.1, -0.05) is 64.7 Å². The quantitative estimate of drug-likeness (QED) is 0.484. The van der Waals surface area contributed by atoms with Gasteiger partial charge in [-0.2, -0.15) is 0 Å². The van der Waals surface area contributed by atoms with Crippen molar-refractivity contribution in [3.63, 3.8) is 0 Å². The number of likely N-dealkylation sites (N-methyl/N-ethyl adjacent to an activating group) is 1. The fourth-order valence-corrected chi connectivity index (χ4v) is 2.22. The lowest BCUT2D eigenvalue weighted by atomic mass is 9.94. The molecule has 0 bridgehead atoms. The number of hydrogen-bond donors (Lipinski definition) is 1. The topological polar surface area (TPSA) is 29.1 Å². The zero-order valence-corrected chi connectivity index (χ0v) is 13.7. The fraction of sp³-hybridized carbons (Fsp3) is 0.941. The average molecular weight is 269 g/mol. The van der Waals surface area contributed by atoms with Gasteiger partial charge in [-0.15, -0.1) is 0 Å². The molecule has 0 aromatic heterocycles. The van der Waals surface area contributed by atoms with Gasteiger partial charge in [0.1, 0.15) is 0 Å². The van der Waals surface area contributed by atoms with Crippen LogP contribution in [-0.2, 0) is 4.79 Å². The summed E-state index contributed by atoms with van der Waals surface area (Å²) in [4.78, 5) is 11.9. The average Bonchev–Trinajstić information content (AvgIpc) is 2.40. The molecule has 0 aromatic carbocycles. The van der Waals surface area contributed by atoms with E-state index in [-0.39, 0.29) is 5.54 Å². The Hall–Kier alpha value is -0.370. The Labute approximate surface area is 120 Å². The van der Waals surface area contributed by atoms with E-state index in [2.05, 4.69) is 12.2 Å². The van der Waals surface area contributed by atoms with Crippen LogP contribution in [0.25, 0.3) is 0 Å². The van der Waals surface area contributed by atoms with Crippen LogP contribution in [0, 0.1) is 0 Å². The Balaban J connectivity index is 3.30. The molecule has 114 valence electrons. The van der Waals surface area contributed by atoms with Crippen LogP contribution in [0.1, 0.15) is 91.4 Å². The normalized spacial score (nSPS) is 11.8. The highest BCUT2D eigenvalue weighted by Gasteiger charge is 2.23. The van der Waals surface area contributed by atoms with E-state index in [4.69, 9.17) is 0 Å². The van der Waals surface area contributed by atoms with Crippen LogP contribution in [0.15, 0.2) is 0 Å². The lowest BCUT2D eigenvalue weighted by molar-refractivity contribution is -0.124. The monoisotopic (exact) mass is 269 g/mol. The Morgan fingerprint density at radius 2 is 1.26 bits per heavy atom. The summed E-state index contributed by atoms with van der Waals surface area (Å²) in [6.45, 7) is 6.19. The molecule has 0 atom stereocenters. The van der Waals surface area contributed by atoms with Gasteiger partial charge in [0, 0.05) is 6.42 Å². The van der Waals surface area contributed by atoms with Crippen LogP contribution >= 0.6 is 0 Å². The molecule has 0 aliphatic carbocycles. The lowest BCUT2D eigenvalue weighted by Gasteiger charge is -2.22. The van der Waals surface area contributed by atoms with Gasteiger partial charge in [0.15, 0.2) is 5.78 Å². The summed E-state index contributed by atoms with van der Waals surface area (Å²) in [5, 5.41) is 3.08. The summed E-state index contributed by atoms with van der Waals surface area (Å²) in [6, 6.07) is 0. The number of nitrogens with one attached hydrogen (secondary N) is 1. The molecule has 0 aliphatic rings. The largest absolute Gasteiger partial charge is 0.308 e. The summed E-state index contributed by atoms with van der Waals surface area (Å²) in [7, 11) is 1.86. The highest BCUT2D eigenvalue weighted by Crippen LogP contribution is 2.13. The molecule has 19 heavy (non-hydrogen) atoms. The van der Waals surface area contributed by atoms with E-state index in [0.717, 1.165) is 12.8 Å². The number of ketones is 1. The third-order valence-electron chi connectivity index (χ3n) is 4.08. The van der Waals surface area contributed by atoms with Crippen molar-refractivity contribution in [1.29, 1.82) is 0 Å². The summed E-state index contributed by atoms with van der Waals surface area (Å²) < 4.78 is 0. The number of carbonyl (C=O) groups excluding carboxylic acids is 1. The third kappa shape index (κ3) is 10.1. The fourth-order valence-electron chi connectivity index (χ4n) is 2.22. The second kappa shape index (κ2) is 11.5. The van der Waals surface area contributed by atoms with E-state index >= 15 is 0 Å². The van der Waals surface area contributed by atoms with Crippen molar-refractivity contribution in [1.82, 2.24) is 5.32 Å². The van der Waals surface area contributed by atoms with Gasteiger partial charge in [-0.25, -0.2) is 0 Å². The van der Waals surface area contributed by atoms with E-state index in [1.807, 2.05) is 20.9 Å². The van der Waals surface area contributed by atoms with Crippen LogP contribution in [0.2, 0.25) is 0 Å². The summed E-state index contributed by atoms with van der Waals surface area (Å²) >= 11 is 0. The molecule has 0 aromatic rings. The molecule has 0 rings (SSSR count). The molecule has 0 spiro atoms. The van der Waals surface area contributed by atoms with Crippen molar-refractivity contribution in [3.8, 4) is 0 Å². The molecule has 0 amide bonds. The van der Waals surface area contributed by atoms with Gasteiger partial charge in [0.05, 0.1) is 5.54 Å². The molecular weight excluding hydrogens is 234 g/mol. The highest BCUT2D eigenvalue weighted by atomic mass is 16.1. The number of Topliss-reactive ketones (excluding diaryl/α,β-unsaturated/α-hetero) is 1. The predicted molar refractivity (Wildman–Crippen MR) is 84.6 cm³/mol. The smallest absolute Gasteiger partial charge is 0.152 e. The van der Waals surface area contributed by atoms with Gasteiger partial charge in [-0.05, 0) is 27.3 Å². The van der Waals surface area contributed by atoms with E-state index in [0.29, 0.717) is 5.78 Å². The molecule has 1 N–H and O–H groups in total. The minimum Gasteiger partial charge on any atom is -0.308 e. The van der Waals surface area contributed by atoms with Crippen molar-refractivity contribution < 1.29 is 4.79 Å². The zero-order chi connectivity index (χ0) is 14.6. The molecule has 2 nitrogen and oxygen atoms in total. The SMILES string of the molecule is CCCCCCCCCCCCC(=O)C(C)(C)NC. The zero-order valence-electron chi connectivity index (χ0n) is 13.7. The summed E-state index contributed by atoms with van der Waals surface area (Å²) in [5.74, 6) is 0.342. The van der Waals surface area contributed by atoms with Gasteiger partial charge < -0.3 is 5.32 Å². The van der Waals surface area contributed by atoms with Crippen LogP contribution < -0.4 is 5.32 Å². The van der Waals surface area contributed by atoms with Crippen molar-refractivity contribution in [2.75, 3.05) is 7.05 Å². The maximum absolute atomic E-state index is 11.9. The van der Waals surface area contributed by atoms with Gasteiger partial charge in [-0.3, -0.25) is 4.79 Å². The van der Waals surface area contributed by atoms with Crippen LogP contribution in [-0.4, -0.2) is 18.4 Å². The molecule has 0 fully saturated rings. The molecule has 0 aliphatic heterocycles. The number of rotatable bonds is 13. The van der Waals surface area contributed by atoms with E-state index in [1.165, 1.54) is 57.8 Å². The minimum atomic E-state index is -0.348. The molecule has 0 unspecified atom stereocenters. The Morgan fingerprint density at radius 1 is 0.842 bits per heavy atom. The van der Waals surface area contributed by atoms with Crippen molar-refractivity contribution in [3.05, 3.63) is 0 Å². The molecule has 2 heteroatoms. The lowest BCUT2D eigenvalue weighted by Crippen LogP contribution is -2.44. The molecule has 0 radical (unpaired) electrons. The highest BCUT2D eigenvalue weighted by molar-refractivity contribution is 5.87. The maximum Gasteiger partial charge on any atom is 0.152 e. The van der Waals surface area contributed by atoms with E-state index in [1.54, 1.807) is 0 Å².